The number of benzene rings is 1. The number of hydrogen-bond acceptors (Lipinski definition) is 7. The number of nitrogens with zero attached hydrogens (tertiary/aromatic N) is 3. The minimum Gasteiger partial charge on any atom is -0.480 e. The number of aliphatic carboxylic acids is 1. The summed E-state index contributed by atoms with van der Waals surface area (Å²) in [7, 11) is 0. The van der Waals surface area contributed by atoms with Crippen LogP contribution < -0.4 is 10.6 Å². The van der Waals surface area contributed by atoms with Gasteiger partial charge in [0.25, 0.3) is 0 Å². The van der Waals surface area contributed by atoms with Crippen LogP contribution in [0.2, 0.25) is 0 Å². The highest BCUT2D eigenvalue weighted by atomic mass is 19.1. The molecule has 3 N–H and O–H groups in total. The normalized spacial score (nSPS) is 19.9. The number of ether oxygens (including phenoxy) is 1. The zero-order chi connectivity index (χ0) is 24.2. The number of carbonyl (C=O) groups is 1. The third-order valence-corrected chi connectivity index (χ3v) is 6.92. The lowest BCUT2D eigenvalue weighted by Gasteiger charge is -2.35. The number of hydrogen-bond donors (Lipinski definition) is 3. The van der Waals surface area contributed by atoms with Crippen molar-refractivity contribution >= 4 is 28.5 Å². The number of aromatic nitrogens is 3. The SMILES string of the molecule is O=C(O)[C@H](CCO[C@H]1C[C@H](CCc2ccc3c(n2)NCCC3)C1)Nc1ncnc2cc(F)ccc12. The second-order valence-electron chi connectivity index (χ2n) is 9.42. The predicted octanol–water partition coefficient (Wildman–Crippen LogP) is 4.21. The lowest BCUT2D eigenvalue weighted by molar-refractivity contribution is -0.138. The van der Waals surface area contributed by atoms with Crippen molar-refractivity contribution in [1.82, 2.24) is 15.0 Å². The van der Waals surface area contributed by atoms with Gasteiger partial charge in [-0.1, -0.05) is 6.07 Å². The fourth-order valence-electron chi connectivity index (χ4n) is 4.83. The van der Waals surface area contributed by atoms with Crippen molar-refractivity contribution in [3.05, 3.63) is 53.7 Å². The second kappa shape index (κ2) is 10.5. The Balaban J connectivity index is 1.05. The fraction of sp³-hybridized carbons (Fsp3) is 0.462. The van der Waals surface area contributed by atoms with Gasteiger partial charge in [0.1, 0.15) is 29.8 Å². The van der Waals surface area contributed by atoms with E-state index in [4.69, 9.17) is 9.72 Å². The van der Waals surface area contributed by atoms with Gasteiger partial charge in [-0.2, -0.15) is 0 Å². The monoisotopic (exact) mass is 479 g/mol. The van der Waals surface area contributed by atoms with Crippen LogP contribution in [0, 0.1) is 11.7 Å². The lowest BCUT2D eigenvalue weighted by Crippen LogP contribution is -2.35. The molecule has 1 atom stereocenters. The molecule has 1 fully saturated rings. The highest BCUT2D eigenvalue weighted by Crippen LogP contribution is 2.34. The highest BCUT2D eigenvalue weighted by Gasteiger charge is 2.30. The molecule has 0 amide bonds. The van der Waals surface area contributed by atoms with Gasteiger partial charge in [0.15, 0.2) is 0 Å². The summed E-state index contributed by atoms with van der Waals surface area (Å²) in [5.74, 6) is 0.650. The first kappa shape index (κ1) is 23.4. The number of carboxylic acid groups (broad SMARTS) is 1. The van der Waals surface area contributed by atoms with Crippen molar-refractivity contribution in [3.8, 4) is 0 Å². The number of fused-ring (bicyclic) bond motifs is 2. The van der Waals surface area contributed by atoms with Crippen LogP contribution >= 0.6 is 0 Å². The molecule has 0 unspecified atom stereocenters. The summed E-state index contributed by atoms with van der Waals surface area (Å²) in [5.41, 5.74) is 2.87. The minimum absolute atomic E-state index is 0.176. The third kappa shape index (κ3) is 5.67. The van der Waals surface area contributed by atoms with E-state index in [1.807, 2.05) is 0 Å². The van der Waals surface area contributed by atoms with Crippen LogP contribution in [-0.4, -0.2) is 51.3 Å². The van der Waals surface area contributed by atoms with Gasteiger partial charge in [-0.15, -0.1) is 0 Å². The molecule has 35 heavy (non-hydrogen) atoms. The molecule has 5 rings (SSSR count). The Kier molecular flexibility index (Phi) is 7.03. The molecule has 2 aromatic heterocycles. The molecule has 0 saturated heterocycles. The Morgan fingerprint density at radius 2 is 2.14 bits per heavy atom. The molecular formula is C26H30FN5O3. The number of aryl methyl sites for hydroxylation is 2. The number of nitrogens with one attached hydrogen (secondary N) is 2. The van der Waals surface area contributed by atoms with Crippen molar-refractivity contribution in [2.45, 2.75) is 57.1 Å². The summed E-state index contributed by atoms with van der Waals surface area (Å²) in [6.45, 7) is 1.34. The molecule has 3 heterocycles. The molecule has 1 aromatic carbocycles. The van der Waals surface area contributed by atoms with Crippen LogP contribution in [0.1, 0.15) is 43.4 Å². The maximum Gasteiger partial charge on any atom is 0.326 e. The van der Waals surface area contributed by atoms with E-state index < -0.39 is 17.8 Å². The van der Waals surface area contributed by atoms with Crippen LogP contribution in [0.5, 0.6) is 0 Å². The number of halogens is 1. The smallest absolute Gasteiger partial charge is 0.326 e. The summed E-state index contributed by atoms with van der Waals surface area (Å²) in [6, 6.07) is 7.64. The first-order valence-electron chi connectivity index (χ1n) is 12.3. The third-order valence-electron chi connectivity index (χ3n) is 6.92. The fourth-order valence-corrected chi connectivity index (χ4v) is 4.83. The minimum atomic E-state index is -0.985. The predicted molar refractivity (Wildman–Crippen MR) is 131 cm³/mol. The number of rotatable bonds is 10. The average molecular weight is 480 g/mol. The molecule has 1 aliphatic heterocycles. The summed E-state index contributed by atoms with van der Waals surface area (Å²) >= 11 is 0. The van der Waals surface area contributed by atoms with Gasteiger partial charge < -0.3 is 20.5 Å². The number of anilines is 2. The quantitative estimate of drug-likeness (QED) is 0.397. The Bertz CT molecular complexity index is 1200. The van der Waals surface area contributed by atoms with Gasteiger partial charge >= 0.3 is 5.97 Å². The average Bonchev–Trinajstić information content (AvgIpc) is 2.83. The van der Waals surface area contributed by atoms with Crippen molar-refractivity contribution in [1.29, 1.82) is 0 Å². The molecule has 0 bridgehead atoms. The van der Waals surface area contributed by atoms with E-state index in [0.717, 1.165) is 50.2 Å². The zero-order valence-corrected chi connectivity index (χ0v) is 19.5. The molecule has 184 valence electrons. The van der Waals surface area contributed by atoms with E-state index in [9.17, 15) is 14.3 Å². The van der Waals surface area contributed by atoms with Crippen molar-refractivity contribution in [2.24, 2.45) is 5.92 Å². The van der Waals surface area contributed by atoms with Crippen LogP contribution in [0.15, 0.2) is 36.7 Å². The van der Waals surface area contributed by atoms with Crippen LogP contribution in [0.3, 0.4) is 0 Å². The van der Waals surface area contributed by atoms with Crippen LogP contribution in [0.25, 0.3) is 10.9 Å². The topological polar surface area (TPSA) is 109 Å². The highest BCUT2D eigenvalue weighted by molar-refractivity contribution is 5.90. The molecule has 8 nitrogen and oxygen atoms in total. The van der Waals surface area contributed by atoms with E-state index in [-0.39, 0.29) is 6.10 Å². The van der Waals surface area contributed by atoms with Gasteiger partial charge in [-0.3, -0.25) is 0 Å². The maximum absolute atomic E-state index is 13.5. The molecular weight excluding hydrogens is 449 g/mol. The van der Waals surface area contributed by atoms with Crippen LogP contribution in [0.4, 0.5) is 16.0 Å². The van der Waals surface area contributed by atoms with Crippen molar-refractivity contribution < 1.29 is 19.0 Å². The lowest BCUT2D eigenvalue weighted by atomic mass is 9.79. The summed E-state index contributed by atoms with van der Waals surface area (Å²) in [5, 5.41) is 16.6. The summed E-state index contributed by atoms with van der Waals surface area (Å²) in [4.78, 5) is 24.8. The molecule has 1 saturated carbocycles. The van der Waals surface area contributed by atoms with Gasteiger partial charge in [-0.05, 0) is 68.2 Å². The van der Waals surface area contributed by atoms with Gasteiger partial charge in [-0.25, -0.2) is 24.1 Å². The summed E-state index contributed by atoms with van der Waals surface area (Å²) < 4.78 is 19.4. The standard InChI is InChI=1S/C26H30FN5O3/c27-18-5-8-21-23(14-18)29-15-30-25(21)32-22(26(33)34)9-11-35-20-12-16(13-20)3-6-19-7-4-17-2-1-10-28-24(17)31-19/h4-5,7-8,14-16,20,22H,1-3,6,9-13H2,(H,28,31)(H,33,34)(H,29,30,32)/t16-,20-,22-/m0/s1. The zero-order valence-electron chi connectivity index (χ0n) is 19.5. The van der Waals surface area contributed by atoms with E-state index in [2.05, 4.69) is 32.7 Å². The molecule has 3 aromatic rings. The first-order chi connectivity index (χ1) is 17.0. The Morgan fingerprint density at radius 3 is 3.00 bits per heavy atom. The van der Waals surface area contributed by atoms with Gasteiger partial charge in [0, 0.05) is 36.7 Å². The van der Waals surface area contributed by atoms with Crippen molar-refractivity contribution in [2.75, 3.05) is 23.8 Å². The van der Waals surface area contributed by atoms with Crippen molar-refractivity contribution in [3.63, 3.8) is 0 Å². The number of carboxylic acids is 1. The molecule has 9 heteroatoms. The van der Waals surface area contributed by atoms with E-state index >= 15 is 0 Å². The Morgan fingerprint density at radius 1 is 1.26 bits per heavy atom. The summed E-state index contributed by atoms with van der Waals surface area (Å²) in [6.07, 6.45) is 8.09. The second-order valence-corrected chi connectivity index (χ2v) is 9.42. The molecule has 1 aliphatic carbocycles. The van der Waals surface area contributed by atoms with Gasteiger partial charge in [0.2, 0.25) is 0 Å². The molecule has 0 spiro atoms. The Labute approximate surface area is 203 Å². The van der Waals surface area contributed by atoms with Crippen LogP contribution in [-0.2, 0) is 22.4 Å². The number of pyridine rings is 1. The van der Waals surface area contributed by atoms with E-state index in [0.29, 0.717) is 35.7 Å². The maximum atomic E-state index is 13.5. The van der Waals surface area contributed by atoms with Gasteiger partial charge in [0.05, 0.1) is 11.6 Å². The first-order valence-corrected chi connectivity index (χ1v) is 12.3. The molecule has 2 aliphatic rings. The largest absolute Gasteiger partial charge is 0.480 e. The Hall–Kier alpha value is -3.33. The van der Waals surface area contributed by atoms with E-state index in [1.165, 1.54) is 30.4 Å². The molecule has 0 radical (unpaired) electrons. The van der Waals surface area contributed by atoms with E-state index in [1.54, 1.807) is 6.07 Å².